The fraction of sp³-hybridized carbons (Fsp3) is 0.643. The van der Waals surface area contributed by atoms with Crippen LogP contribution in [0.3, 0.4) is 0 Å². The minimum atomic E-state index is 0.133. The highest BCUT2D eigenvalue weighted by atomic mass is 16.5. The fourth-order valence-corrected chi connectivity index (χ4v) is 2.49. The molecule has 1 aliphatic rings. The Kier molecular flexibility index (Phi) is 4.82. The molecule has 0 bridgehead atoms. The average molecular weight is 293 g/mol. The first-order valence-electron chi connectivity index (χ1n) is 7.15. The second-order valence-corrected chi connectivity index (χ2v) is 5.20. The van der Waals surface area contributed by atoms with E-state index < -0.39 is 0 Å². The molecule has 0 spiro atoms. The first kappa shape index (κ1) is 15.3. The quantitative estimate of drug-likeness (QED) is 0.636. The molecular formula is C14H23N5O2. The number of guanidine groups is 1. The van der Waals surface area contributed by atoms with E-state index in [0.29, 0.717) is 6.54 Å². The molecule has 2 rings (SSSR count). The van der Waals surface area contributed by atoms with E-state index in [4.69, 9.17) is 4.52 Å². The number of nitrogens with zero attached hydrogens (tertiary/aromatic N) is 4. The van der Waals surface area contributed by atoms with Crippen LogP contribution in [0.2, 0.25) is 0 Å². The first-order chi connectivity index (χ1) is 10.0. The highest BCUT2D eigenvalue weighted by molar-refractivity contribution is 5.80. The molecular weight excluding hydrogens is 270 g/mol. The summed E-state index contributed by atoms with van der Waals surface area (Å²) in [5.74, 6) is 1.81. The molecule has 7 heteroatoms. The molecule has 0 saturated carbocycles. The van der Waals surface area contributed by atoms with E-state index in [1.165, 1.54) is 0 Å². The van der Waals surface area contributed by atoms with Crippen LogP contribution in [0.1, 0.15) is 23.9 Å². The van der Waals surface area contributed by atoms with Gasteiger partial charge in [0.25, 0.3) is 0 Å². The third-order valence-corrected chi connectivity index (χ3v) is 3.84. The number of carbonyl (C=O) groups excluding carboxylic acids is 1. The van der Waals surface area contributed by atoms with Crippen molar-refractivity contribution in [3.05, 3.63) is 17.0 Å². The number of nitrogens with one attached hydrogen (secondary N) is 1. The first-order valence-corrected chi connectivity index (χ1v) is 7.15. The van der Waals surface area contributed by atoms with Gasteiger partial charge in [0.1, 0.15) is 5.76 Å². The van der Waals surface area contributed by atoms with E-state index in [1.54, 1.807) is 14.0 Å². The van der Waals surface area contributed by atoms with Crippen LogP contribution in [0.25, 0.3) is 0 Å². The van der Waals surface area contributed by atoms with Crippen LogP contribution in [-0.2, 0) is 11.3 Å². The number of carbonyl (C=O) groups is 1. The summed E-state index contributed by atoms with van der Waals surface area (Å²) in [5, 5.41) is 7.29. The lowest BCUT2D eigenvalue weighted by molar-refractivity contribution is -0.130. The van der Waals surface area contributed by atoms with Gasteiger partial charge in [0.2, 0.25) is 5.91 Å². The molecule has 7 nitrogen and oxygen atoms in total. The van der Waals surface area contributed by atoms with Crippen LogP contribution in [0.15, 0.2) is 9.52 Å². The minimum Gasteiger partial charge on any atom is -0.361 e. The summed E-state index contributed by atoms with van der Waals surface area (Å²) in [5.41, 5.74) is 1.97. The van der Waals surface area contributed by atoms with Crippen molar-refractivity contribution in [1.82, 2.24) is 20.3 Å². The number of rotatable bonds is 2. The highest BCUT2D eigenvalue weighted by Crippen LogP contribution is 2.12. The number of hydrogen-bond acceptors (Lipinski definition) is 4. The predicted molar refractivity (Wildman–Crippen MR) is 80.0 cm³/mol. The van der Waals surface area contributed by atoms with Gasteiger partial charge in [-0.05, 0) is 13.8 Å². The van der Waals surface area contributed by atoms with Crippen molar-refractivity contribution in [3.63, 3.8) is 0 Å². The molecule has 2 heterocycles. The van der Waals surface area contributed by atoms with Crippen LogP contribution in [-0.4, -0.2) is 60.0 Å². The van der Waals surface area contributed by atoms with Gasteiger partial charge < -0.3 is 19.6 Å². The SMILES string of the molecule is CN=C(NCc1c(C)noc1C)N1CCN(C(C)=O)CC1. The van der Waals surface area contributed by atoms with Gasteiger partial charge in [-0.25, -0.2) is 0 Å². The van der Waals surface area contributed by atoms with Crippen LogP contribution in [0.4, 0.5) is 0 Å². The minimum absolute atomic E-state index is 0.133. The lowest BCUT2D eigenvalue weighted by atomic mass is 10.2. The van der Waals surface area contributed by atoms with E-state index in [2.05, 4.69) is 20.4 Å². The molecule has 0 atom stereocenters. The standard InChI is InChI=1S/C14H23N5O2/c1-10-13(11(2)21-17-10)9-16-14(15-4)19-7-5-18(6-8-19)12(3)20/h5-9H2,1-4H3,(H,15,16). The van der Waals surface area contributed by atoms with E-state index >= 15 is 0 Å². The number of piperazine rings is 1. The number of aryl methyl sites for hydroxylation is 2. The molecule has 1 saturated heterocycles. The summed E-state index contributed by atoms with van der Waals surface area (Å²) in [6.45, 7) is 9.15. The van der Waals surface area contributed by atoms with E-state index in [1.807, 2.05) is 18.7 Å². The van der Waals surface area contributed by atoms with Crippen molar-refractivity contribution >= 4 is 11.9 Å². The van der Waals surface area contributed by atoms with Crippen molar-refractivity contribution in [3.8, 4) is 0 Å². The zero-order valence-corrected chi connectivity index (χ0v) is 13.1. The fourth-order valence-electron chi connectivity index (χ4n) is 2.49. The molecule has 1 amide bonds. The van der Waals surface area contributed by atoms with Gasteiger partial charge in [0.15, 0.2) is 5.96 Å². The Morgan fingerprint density at radius 3 is 2.38 bits per heavy atom. The van der Waals surface area contributed by atoms with Crippen molar-refractivity contribution in [2.75, 3.05) is 33.2 Å². The second kappa shape index (κ2) is 6.60. The largest absolute Gasteiger partial charge is 0.361 e. The molecule has 1 aliphatic heterocycles. The zero-order chi connectivity index (χ0) is 15.4. The summed E-state index contributed by atoms with van der Waals surface area (Å²) in [4.78, 5) is 19.7. The Labute approximate surface area is 125 Å². The smallest absolute Gasteiger partial charge is 0.219 e. The maximum absolute atomic E-state index is 11.3. The Hall–Kier alpha value is -2.05. The van der Waals surface area contributed by atoms with Gasteiger partial charge in [-0.1, -0.05) is 5.16 Å². The van der Waals surface area contributed by atoms with Gasteiger partial charge in [0, 0.05) is 52.3 Å². The third-order valence-electron chi connectivity index (χ3n) is 3.84. The molecule has 0 unspecified atom stereocenters. The van der Waals surface area contributed by atoms with Gasteiger partial charge in [0.05, 0.1) is 5.69 Å². The summed E-state index contributed by atoms with van der Waals surface area (Å²) >= 11 is 0. The monoisotopic (exact) mass is 293 g/mol. The van der Waals surface area contributed by atoms with Gasteiger partial charge in [-0.2, -0.15) is 0 Å². The van der Waals surface area contributed by atoms with Gasteiger partial charge in [-0.15, -0.1) is 0 Å². The summed E-state index contributed by atoms with van der Waals surface area (Å²) in [6, 6.07) is 0. The van der Waals surface area contributed by atoms with Crippen LogP contribution < -0.4 is 5.32 Å². The van der Waals surface area contributed by atoms with Crippen molar-refractivity contribution < 1.29 is 9.32 Å². The van der Waals surface area contributed by atoms with Gasteiger partial charge >= 0.3 is 0 Å². The van der Waals surface area contributed by atoms with Crippen molar-refractivity contribution in [2.45, 2.75) is 27.3 Å². The molecule has 0 radical (unpaired) electrons. The molecule has 1 fully saturated rings. The molecule has 21 heavy (non-hydrogen) atoms. The van der Waals surface area contributed by atoms with Crippen LogP contribution >= 0.6 is 0 Å². The number of aliphatic imine (C=N–C) groups is 1. The molecule has 0 aromatic carbocycles. The summed E-state index contributed by atoms with van der Waals surface area (Å²) in [6.07, 6.45) is 0. The number of aromatic nitrogens is 1. The maximum atomic E-state index is 11.3. The maximum Gasteiger partial charge on any atom is 0.219 e. The predicted octanol–water partition coefficient (Wildman–Crippen LogP) is 0.531. The third kappa shape index (κ3) is 3.53. The lowest BCUT2D eigenvalue weighted by Crippen LogP contribution is -2.53. The number of hydrogen-bond donors (Lipinski definition) is 1. The normalized spacial score (nSPS) is 16.3. The van der Waals surface area contributed by atoms with Crippen molar-refractivity contribution in [2.24, 2.45) is 4.99 Å². The Bertz CT molecular complexity index is 510. The summed E-state index contributed by atoms with van der Waals surface area (Å²) in [7, 11) is 1.77. The van der Waals surface area contributed by atoms with E-state index in [9.17, 15) is 4.79 Å². The molecule has 1 aromatic rings. The topological polar surface area (TPSA) is 74.0 Å². The van der Waals surface area contributed by atoms with Crippen LogP contribution in [0, 0.1) is 13.8 Å². The zero-order valence-electron chi connectivity index (χ0n) is 13.1. The highest BCUT2D eigenvalue weighted by Gasteiger charge is 2.21. The second-order valence-electron chi connectivity index (χ2n) is 5.20. The molecule has 1 N–H and O–H groups in total. The molecule has 0 aliphatic carbocycles. The number of amides is 1. The summed E-state index contributed by atoms with van der Waals surface area (Å²) < 4.78 is 5.16. The molecule has 116 valence electrons. The average Bonchev–Trinajstić information content (AvgIpc) is 2.80. The van der Waals surface area contributed by atoms with Gasteiger partial charge in [-0.3, -0.25) is 9.79 Å². The van der Waals surface area contributed by atoms with E-state index in [-0.39, 0.29) is 5.91 Å². The Morgan fingerprint density at radius 1 is 1.29 bits per heavy atom. The van der Waals surface area contributed by atoms with Crippen LogP contribution in [0.5, 0.6) is 0 Å². The molecule has 1 aromatic heterocycles. The lowest BCUT2D eigenvalue weighted by Gasteiger charge is -2.36. The van der Waals surface area contributed by atoms with Crippen molar-refractivity contribution in [1.29, 1.82) is 0 Å². The Balaban J connectivity index is 1.91. The Morgan fingerprint density at radius 2 is 1.90 bits per heavy atom. The van der Waals surface area contributed by atoms with E-state index in [0.717, 1.165) is 49.2 Å².